The maximum atomic E-state index is 6.03. The van der Waals surface area contributed by atoms with Crippen molar-refractivity contribution in [1.29, 1.82) is 0 Å². The van der Waals surface area contributed by atoms with Crippen molar-refractivity contribution in [3.63, 3.8) is 0 Å². The molecule has 2 rings (SSSR count). The van der Waals surface area contributed by atoms with E-state index in [9.17, 15) is 0 Å². The van der Waals surface area contributed by atoms with Crippen molar-refractivity contribution >= 4 is 27.3 Å². The molecule has 1 saturated heterocycles. The number of nitrogens with two attached hydrogens (primary N) is 1. The zero-order valence-corrected chi connectivity index (χ0v) is 11.4. The van der Waals surface area contributed by atoms with Gasteiger partial charge in [-0.1, -0.05) is 6.92 Å². The van der Waals surface area contributed by atoms with Gasteiger partial charge in [-0.25, -0.2) is 0 Å². The fraction of sp³-hybridized carbons (Fsp3) is 0.583. The molecule has 0 radical (unpaired) electrons. The van der Waals surface area contributed by atoms with Gasteiger partial charge in [0.05, 0.1) is 22.0 Å². The van der Waals surface area contributed by atoms with Crippen LogP contribution in [0.15, 0.2) is 16.9 Å². The molecule has 2 atom stereocenters. The second kappa shape index (κ2) is 4.62. The smallest absolute Gasteiger partial charge is 0.0778 e. The van der Waals surface area contributed by atoms with E-state index in [1.54, 1.807) is 6.20 Å². The second-order valence-electron chi connectivity index (χ2n) is 4.61. The fourth-order valence-corrected chi connectivity index (χ4v) is 2.97. The Bertz CT molecular complexity index is 360. The van der Waals surface area contributed by atoms with Crippen LogP contribution in [0, 0.1) is 5.92 Å². The number of hydrogen-bond donors (Lipinski definition) is 1. The maximum Gasteiger partial charge on any atom is 0.0778 e. The van der Waals surface area contributed by atoms with Gasteiger partial charge in [0, 0.05) is 18.8 Å². The van der Waals surface area contributed by atoms with Crippen molar-refractivity contribution in [1.82, 2.24) is 4.98 Å². The molecule has 0 saturated carbocycles. The highest BCUT2D eigenvalue weighted by Gasteiger charge is 2.27. The predicted molar refractivity (Wildman–Crippen MR) is 71.6 cm³/mol. The zero-order valence-electron chi connectivity index (χ0n) is 9.78. The first-order valence-electron chi connectivity index (χ1n) is 5.77. The highest BCUT2D eigenvalue weighted by Crippen LogP contribution is 2.36. The summed E-state index contributed by atoms with van der Waals surface area (Å²) < 4.78 is 0.994. The van der Waals surface area contributed by atoms with Crippen molar-refractivity contribution in [2.24, 2.45) is 5.92 Å². The molecule has 88 valence electrons. The van der Waals surface area contributed by atoms with Crippen LogP contribution in [0.3, 0.4) is 0 Å². The Morgan fingerprint density at radius 3 is 2.88 bits per heavy atom. The molecule has 1 aliphatic rings. The van der Waals surface area contributed by atoms with Gasteiger partial charge in [0.15, 0.2) is 0 Å². The number of nitrogens with zero attached hydrogens (tertiary/aromatic N) is 2. The molecule has 2 heterocycles. The van der Waals surface area contributed by atoms with Gasteiger partial charge in [-0.15, -0.1) is 0 Å². The SMILES string of the molecule is CC1CCCN(c2c(N)cncc2Br)C1C. The summed E-state index contributed by atoms with van der Waals surface area (Å²) in [5.41, 5.74) is 7.89. The van der Waals surface area contributed by atoms with E-state index in [2.05, 4.69) is 39.7 Å². The summed E-state index contributed by atoms with van der Waals surface area (Å²) in [5.74, 6) is 0.716. The Morgan fingerprint density at radius 1 is 1.44 bits per heavy atom. The highest BCUT2D eigenvalue weighted by molar-refractivity contribution is 9.10. The average molecular weight is 284 g/mol. The third-order valence-electron chi connectivity index (χ3n) is 3.56. The molecule has 0 amide bonds. The van der Waals surface area contributed by atoms with Crippen LogP contribution >= 0.6 is 15.9 Å². The Hall–Kier alpha value is -0.770. The Labute approximate surface area is 105 Å². The highest BCUT2D eigenvalue weighted by atomic mass is 79.9. The summed E-state index contributed by atoms with van der Waals surface area (Å²) in [5, 5.41) is 0. The van der Waals surface area contributed by atoms with Gasteiger partial charge in [-0.2, -0.15) is 0 Å². The van der Waals surface area contributed by atoms with Crippen molar-refractivity contribution < 1.29 is 0 Å². The number of hydrogen-bond acceptors (Lipinski definition) is 3. The van der Waals surface area contributed by atoms with Crippen molar-refractivity contribution in [3.05, 3.63) is 16.9 Å². The number of aromatic nitrogens is 1. The average Bonchev–Trinajstić information content (AvgIpc) is 2.24. The summed E-state index contributed by atoms with van der Waals surface area (Å²) >= 11 is 3.55. The largest absolute Gasteiger partial charge is 0.396 e. The van der Waals surface area contributed by atoms with Crippen LogP contribution in [0.5, 0.6) is 0 Å². The Balaban J connectivity index is 2.36. The minimum Gasteiger partial charge on any atom is -0.396 e. The predicted octanol–water partition coefficient (Wildman–Crippen LogP) is 3.05. The first-order valence-corrected chi connectivity index (χ1v) is 6.56. The van der Waals surface area contributed by atoms with E-state index in [0.717, 1.165) is 22.4 Å². The number of anilines is 2. The second-order valence-corrected chi connectivity index (χ2v) is 5.47. The van der Waals surface area contributed by atoms with E-state index in [-0.39, 0.29) is 0 Å². The molecule has 0 aromatic carbocycles. The minimum atomic E-state index is 0.537. The summed E-state index contributed by atoms with van der Waals surface area (Å²) in [6, 6.07) is 0.537. The topological polar surface area (TPSA) is 42.1 Å². The number of pyridine rings is 1. The third-order valence-corrected chi connectivity index (χ3v) is 4.14. The van der Waals surface area contributed by atoms with Gasteiger partial charge in [0.25, 0.3) is 0 Å². The van der Waals surface area contributed by atoms with E-state index in [1.807, 2.05) is 6.20 Å². The summed E-state index contributed by atoms with van der Waals surface area (Å²) in [6.07, 6.45) is 6.09. The summed E-state index contributed by atoms with van der Waals surface area (Å²) in [4.78, 5) is 6.48. The first kappa shape index (κ1) is 11.7. The molecule has 1 aliphatic heterocycles. The number of halogens is 1. The Kier molecular flexibility index (Phi) is 3.38. The van der Waals surface area contributed by atoms with E-state index in [0.29, 0.717) is 12.0 Å². The van der Waals surface area contributed by atoms with E-state index in [1.165, 1.54) is 12.8 Å². The molecule has 0 spiro atoms. The molecule has 1 aromatic rings. The van der Waals surface area contributed by atoms with Gasteiger partial charge in [-0.3, -0.25) is 4.98 Å². The van der Waals surface area contributed by atoms with E-state index in [4.69, 9.17) is 5.73 Å². The molecule has 2 unspecified atom stereocenters. The Morgan fingerprint density at radius 2 is 2.19 bits per heavy atom. The van der Waals surface area contributed by atoms with Crippen LogP contribution in [-0.4, -0.2) is 17.6 Å². The third kappa shape index (κ3) is 2.03. The van der Waals surface area contributed by atoms with Gasteiger partial charge in [-0.05, 0) is 41.6 Å². The fourth-order valence-electron chi connectivity index (χ4n) is 2.40. The molecule has 0 bridgehead atoms. The van der Waals surface area contributed by atoms with Crippen LogP contribution in [0.2, 0.25) is 0 Å². The van der Waals surface area contributed by atoms with Crippen LogP contribution in [0.1, 0.15) is 26.7 Å². The van der Waals surface area contributed by atoms with E-state index < -0.39 is 0 Å². The quantitative estimate of drug-likeness (QED) is 0.861. The van der Waals surface area contributed by atoms with Crippen molar-refractivity contribution in [2.45, 2.75) is 32.7 Å². The molecule has 3 nitrogen and oxygen atoms in total. The number of nitrogen functional groups attached to an aromatic ring is 1. The molecular weight excluding hydrogens is 266 g/mol. The van der Waals surface area contributed by atoms with Gasteiger partial charge in [0.1, 0.15) is 0 Å². The van der Waals surface area contributed by atoms with Gasteiger partial charge in [0.2, 0.25) is 0 Å². The van der Waals surface area contributed by atoms with Gasteiger partial charge < -0.3 is 10.6 Å². The van der Waals surface area contributed by atoms with Crippen LogP contribution in [0.25, 0.3) is 0 Å². The van der Waals surface area contributed by atoms with Crippen molar-refractivity contribution in [2.75, 3.05) is 17.2 Å². The van der Waals surface area contributed by atoms with Crippen LogP contribution < -0.4 is 10.6 Å². The lowest BCUT2D eigenvalue weighted by atomic mass is 9.91. The minimum absolute atomic E-state index is 0.537. The molecule has 0 aliphatic carbocycles. The lowest BCUT2D eigenvalue weighted by Gasteiger charge is -2.40. The zero-order chi connectivity index (χ0) is 11.7. The summed E-state index contributed by atoms with van der Waals surface area (Å²) in [7, 11) is 0. The van der Waals surface area contributed by atoms with E-state index >= 15 is 0 Å². The molecule has 1 fully saturated rings. The van der Waals surface area contributed by atoms with Crippen LogP contribution in [0.4, 0.5) is 11.4 Å². The lowest BCUT2D eigenvalue weighted by molar-refractivity contribution is 0.363. The maximum absolute atomic E-state index is 6.03. The monoisotopic (exact) mass is 283 g/mol. The summed E-state index contributed by atoms with van der Waals surface area (Å²) in [6.45, 7) is 5.66. The molecule has 1 aromatic heterocycles. The molecule has 2 N–H and O–H groups in total. The van der Waals surface area contributed by atoms with Crippen molar-refractivity contribution in [3.8, 4) is 0 Å². The molecule has 16 heavy (non-hydrogen) atoms. The normalized spacial score (nSPS) is 25.8. The number of piperidine rings is 1. The molecule has 4 heteroatoms. The standard InChI is InChI=1S/C12H18BrN3/c1-8-4-3-5-16(9(8)2)12-10(13)6-15-7-11(12)14/h6-9H,3-5,14H2,1-2H3. The van der Waals surface area contributed by atoms with Gasteiger partial charge >= 0.3 is 0 Å². The first-order chi connectivity index (χ1) is 7.61. The molecular formula is C12H18BrN3. The number of rotatable bonds is 1. The lowest BCUT2D eigenvalue weighted by Crippen LogP contribution is -2.43. The van der Waals surface area contributed by atoms with Crippen LogP contribution in [-0.2, 0) is 0 Å².